The third kappa shape index (κ3) is 10.3. The molecule has 0 saturated carbocycles. The molecule has 0 aliphatic heterocycles. The highest BCUT2D eigenvalue weighted by atomic mass is 16.4. The van der Waals surface area contributed by atoms with Crippen molar-refractivity contribution in [3.8, 4) is 0 Å². The van der Waals surface area contributed by atoms with Crippen molar-refractivity contribution in [1.82, 2.24) is 16.0 Å². The van der Waals surface area contributed by atoms with E-state index < -0.39 is 54.5 Å². The van der Waals surface area contributed by atoms with Gasteiger partial charge < -0.3 is 43.4 Å². The van der Waals surface area contributed by atoms with Crippen LogP contribution in [0.25, 0.3) is 0 Å². The van der Waals surface area contributed by atoms with E-state index in [4.69, 9.17) is 22.3 Å². The Balaban J connectivity index is 2.82. The Kier molecular flexibility index (Phi) is 12.0. The van der Waals surface area contributed by atoms with E-state index in [9.17, 15) is 24.3 Å². The number of nitrogens with zero attached hydrogens (tertiary/aromatic N) is 1. The Hall–Kier alpha value is -3.71. The highest BCUT2D eigenvalue weighted by molar-refractivity contribution is 5.94. The molecule has 1 aromatic carbocycles. The van der Waals surface area contributed by atoms with Crippen LogP contribution >= 0.6 is 0 Å². The highest BCUT2D eigenvalue weighted by Crippen LogP contribution is 2.05. The molecule has 34 heavy (non-hydrogen) atoms. The number of aliphatic imine (C=N–C) groups is 1. The molecular formula is C21H33N7O6. The van der Waals surface area contributed by atoms with Crippen LogP contribution in [-0.2, 0) is 25.6 Å². The maximum Gasteiger partial charge on any atom is 0.325 e. The van der Waals surface area contributed by atoms with Crippen molar-refractivity contribution in [1.29, 1.82) is 0 Å². The molecule has 188 valence electrons. The first kappa shape index (κ1) is 28.3. The van der Waals surface area contributed by atoms with Gasteiger partial charge in [-0.2, -0.15) is 0 Å². The Labute approximate surface area is 197 Å². The van der Waals surface area contributed by atoms with Gasteiger partial charge in [0.25, 0.3) is 0 Å². The van der Waals surface area contributed by atoms with Gasteiger partial charge in [-0.1, -0.05) is 30.3 Å². The van der Waals surface area contributed by atoms with Crippen LogP contribution in [0.4, 0.5) is 0 Å². The Morgan fingerprint density at radius 3 is 2.12 bits per heavy atom. The van der Waals surface area contributed by atoms with Crippen LogP contribution in [-0.4, -0.2) is 77.2 Å². The number of aliphatic carboxylic acids is 1. The molecular weight excluding hydrogens is 446 g/mol. The van der Waals surface area contributed by atoms with Gasteiger partial charge in [0.2, 0.25) is 17.7 Å². The summed E-state index contributed by atoms with van der Waals surface area (Å²) in [4.78, 5) is 52.6. The number of aliphatic hydroxyl groups is 1. The van der Waals surface area contributed by atoms with Gasteiger partial charge in [-0.3, -0.25) is 24.2 Å². The average Bonchev–Trinajstić information content (AvgIpc) is 2.79. The molecule has 13 nitrogen and oxygen atoms in total. The Morgan fingerprint density at radius 2 is 1.56 bits per heavy atom. The van der Waals surface area contributed by atoms with Gasteiger partial charge in [0, 0.05) is 13.0 Å². The molecule has 1 aromatic rings. The fourth-order valence-corrected chi connectivity index (χ4v) is 2.83. The molecule has 0 fully saturated rings. The van der Waals surface area contributed by atoms with E-state index in [1.807, 2.05) is 0 Å². The van der Waals surface area contributed by atoms with E-state index >= 15 is 0 Å². The lowest BCUT2D eigenvalue weighted by atomic mass is 10.0. The van der Waals surface area contributed by atoms with Crippen molar-refractivity contribution >= 4 is 29.7 Å². The maximum absolute atomic E-state index is 12.7. The largest absolute Gasteiger partial charge is 0.480 e. The summed E-state index contributed by atoms with van der Waals surface area (Å²) in [6, 6.07) is 4.05. The molecule has 0 bridgehead atoms. The van der Waals surface area contributed by atoms with Crippen LogP contribution in [0.5, 0.6) is 0 Å². The zero-order valence-electron chi connectivity index (χ0n) is 18.9. The van der Waals surface area contributed by atoms with Crippen LogP contribution in [0, 0.1) is 0 Å². The molecule has 13 heteroatoms. The lowest BCUT2D eigenvalue weighted by Gasteiger charge is -2.24. The maximum atomic E-state index is 12.7. The first-order chi connectivity index (χ1) is 16.0. The van der Waals surface area contributed by atoms with Crippen LogP contribution in [0.3, 0.4) is 0 Å². The zero-order valence-corrected chi connectivity index (χ0v) is 18.9. The van der Waals surface area contributed by atoms with Crippen molar-refractivity contribution in [3.63, 3.8) is 0 Å². The number of hydrogen-bond acceptors (Lipinski definition) is 7. The summed E-state index contributed by atoms with van der Waals surface area (Å²) in [5.74, 6) is -3.56. The van der Waals surface area contributed by atoms with Gasteiger partial charge in [0.1, 0.15) is 18.1 Å². The zero-order chi connectivity index (χ0) is 25.7. The van der Waals surface area contributed by atoms with Crippen LogP contribution < -0.4 is 33.2 Å². The minimum atomic E-state index is -1.38. The van der Waals surface area contributed by atoms with Crippen molar-refractivity contribution in [2.24, 2.45) is 22.2 Å². The summed E-state index contributed by atoms with van der Waals surface area (Å²) in [6.45, 7) is 0.814. The predicted molar refractivity (Wildman–Crippen MR) is 124 cm³/mol. The lowest BCUT2D eigenvalue weighted by molar-refractivity contribution is -0.141. The number of guanidine groups is 1. The molecule has 1 rings (SSSR count). The second-order valence-electron chi connectivity index (χ2n) is 7.62. The van der Waals surface area contributed by atoms with Gasteiger partial charge >= 0.3 is 5.97 Å². The van der Waals surface area contributed by atoms with Crippen molar-refractivity contribution in [2.75, 3.05) is 13.2 Å². The summed E-state index contributed by atoms with van der Waals surface area (Å²) in [5.41, 5.74) is 17.0. The number of nitrogens with two attached hydrogens (primary N) is 3. The molecule has 0 saturated heterocycles. The second kappa shape index (κ2) is 14.4. The number of carboxylic acids is 1. The van der Waals surface area contributed by atoms with E-state index in [-0.39, 0.29) is 25.3 Å². The Morgan fingerprint density at radius 1 is 0.971 bits per heavy atom. The fraction of sp³-hybridized carbons (Fsp3) is 0.476. The molecule has 0 heterocycles. The first-order valence-electron chi connectivity index (χ1n) is 10.6. The number of rotatable bonds is 14. The van der Waals surface area contributed by atoms with E-state index in [2.05, 4.69) is 20.9 Å². The SMILES string of the molecule is C[C@H](NC(=O)[C@H](Cc1ccccc1)NC(=O)[C@H](CO)NC(=O)[C@@H](N)CCCN=C(N)N)C(=O)O. The molecule has 0 aromatic heterocycles. The first-order valence-corrected chi connectivity index (χ1v) is 10.6. The van der Waals surface area contributed by atoms with Gasteiger partial charge in [-0.25, -0.2) is 0 Å². The van der Waals surface area contributed by atoms with Gasteiger partial charge in [0.05, 0.1) is 12.6 Å². The minimum Gasteiger partial charge on any atom is -0.480 e. The normalized spacial score (nSPS) is 14.1. The van der Waals surface area contributed by atoms with Crippen molar-refractivity contribution < 1.29 is 29.4 Å². The average molecular weight is 480 g/mol. The summed E-state index contributed by atoms with van der Waals surface area (Å²) in [5, 5.41) is 25.8. The third-order valence-electron chi connectivity index (χ3n) is 4.76. The van der Waals surface area contributed by atoms with Crippen LogP contribution in [0.2, 0.25) is 0 Å². The topological polar surface area (TPSA) is 235 Å². The smallest absolute Gasteiger partial charge is 0.325 e. The van der Waals surface area contributed by atoms with Crippen LogP contribution in [0.1, 0.15) is 25.3 Å². The molecule has 0 unspecified atom stereocenters. The van der Waals surface area contributed by atoms with Crippen molar-refractivity contribution in [2.45, 2.75) is 50.4 Å². The van der Waals surface area contributed by atoms with E-state index in [1.54, 1.807) is 30.3 Å². The molecule has 0 aliphatic carbocycles. The summed E-state index contributed by atoms with van der Waals surface area (Å²) < 4.78 is 0. The molecule has 4 atom stereocenters. The second-order valence-corrected chi connectivity index (χ2v) is 7.62. The number of amides is 3. The standard InChI is InChI=1S/C21H33N7O6/c1-12(20(33)34)26-18(31)15(10-13-6-3-2-4-7-13)27-19(32)16(11-29)28-17(30)14(22)8-5-9-25-21(23)24/h2-4,6-7,12,14-16,29H,5,8-11,22H2,1H3,(H,26,31)(H,27,32)(H,28,30)(H,33,34)(H4,23,24,25)/t12-,14-,15-,16-/m0/s1. The highest BCUT2D eigenvalue weighted by Gasteiger charge is 2.29. The fourth-order valence-electron chi connectivity index (χ4n) is 2.83. The molecule has 3 amide bonds. The number of nitrogens with one attached hydrogen (secondary N) is 3. The minimum absolute atomic E-state index is 0.0567. The van der Waals surface area contributed by atoms with E-state index in [0.717, 1.165) is 0 Å². The molecule has 11 N–H and O–H groups in total. The number of aliphatic hydroxyl groups excluding tert-OH is 1. The summed E-state index contributed by atoms with van der Waals surface area (Å²) >= 11 is 0. The number of carbonyl (C=O) groups excluding carboxylic acids is 3. The van der Waals surface area contributed by atoms with Crippen LogP contribution in [0.15, 0.2) is 35.3 Å². The van der Waals surface area contributed by atoms with Gasteiger partial charge in [0.15, 0.2) is 5.96 Å². The summed E-state index contributed by atoms with van der Waals surface area (Å²) in [6.07, 6.45) is 0.708. The predicted octanol–water partition coefficient (Wildman–Crippen LogP) is -2.84. The summed E-state index contributed by atoms with van der Waals surface area (Å²) in [7, 11) is 0. The number of carboxylic acid groups (broad SMARTS) is 1. The van der Waals surface area contributed by atoms with Gasteiger partial charge in [-0.05, 0) is 25.3 Å². The Bertz CT molecular complexity index is 860. The number of hydrogen-bond donors (Lipinski definition) is 8. The number of benzene rings is 1. The molecule has 0 spiro atoms. The van der Waals surface area contributed by atoms with Crippen molar-refractivity contribution in [3.05, 3.63) is 35.9 Å². The van der Waals surface area contributed by atoms with E-state index in [0.29, 0.717) is 12.0 Å². The molecule has 0 radical (unpaired) electrons. The van der Waals surface area contributed by atoms with E-state index in [1.165, 1.54) is 6.92 Å². The van der Waals surface area contributed by atoms with Gasteiger partial charge in [-0.15, -0.1) is 0 Å². The monoisotopic (exact) mass is 479 g/mol. The molecule has 0 aliphatic rings. The third-order valence-corrected chi connectivity index (χ3v) is 4.76. The lowest BCUT2D eigenvalue weighted by Crippen LogP contribution is -2.58. The quantitative estimate of drug-likeness (QED) is 0.0778. The number of carbonyl (C=O) groups is 4.